The van der Waals surface area contributed by atoms with Crippen LogP contribution in [0, 0.1) is 0 Å². The van der Waals surface area contributed by atoms with E-state index in [9.17, 15) is 0 Å². The van der Waals surface area contributed by atoms with E-state index in [1.807, 2.05) is 11.8 Å². The summed E-state index contributed by atoms with van der Waals surface area (Å²) in [4.78, 5) is 0. The lowest BCUT2D eigenvalue weighted by molar-refractivity contribution is 1.18. The molecule has 0 atom stereocenters. The van der Waals surface area contributed by atoms with E-state index < -0.39 is 0 Å². The molecule has 0 spiro atoms. The number of aryl methyl sites for hydroxylation is 1. The molecule has 0 nitrogen and oxygen atoms in total. The van der Waals surface area contributed by atoms with Crippen molar-refractivity contribution in [2.45, 2.75) is 6.42 Å². The number of hydrogen-bond acceptors (Lipinski definition) is 2. The first-order valence-corrected chi connectivity index (χ1v) is 9.51. The van der Waals surface area contributed by atoms with Gasteiger partial charge in [0.25, 0.3) is 0 Å². The van der Waals surface area contributed by atoms with E-state index in [-0.39, 0.29) is 0 Å². The molecule has 0 bridgehead atoms. The van der Waals surface area contributed by atoms with Crippen LogP contribution in [0.3, 0.4) is 0 Å². The van der Waals surface area contributed by atoms with Crippen LogP contribution in [0.5, 0.6) is 0 Å². The summed E-state index contributed by atoms with van der Waals surface area (Å²) >= 11 is 6.28. The maximum atomic E-state index is 4.28. The summed E-state index contributed by atoms with van der Waals surface area (Å²) in [5.74, 6) is 3.27. The van der Waals surface area contributed by atoms with Crippen molar-refractivity contribution in [2.75, 3.05) is 17.3 Å². The molecule has 0 fully saturated rings. The van der Waals surface area contributed by atoms with E-state index in [0.717, 1.165) is 17.9 Å². The second-order valence-electron chi connectivity index (χ2n) is 5.67. The highest BCUT2D eigenvalue weighted by molar-refractivity contribution is 7.99. The van der Waals surface area contributed by atoms with Crippen LogP contribution in [-0.2, 0) is 6.42 Å². The summed E-state index contributed by atoms with van der Waals surface area (Å²) in [6.07, 6.45) is 1.13. The third-order valence-corrected chi connectivity index (χ3v) is 5.88. The third-order valence-electron chi connectivity index (χ3n) is 4.37. The second kappa shape index (κ2) is 6.02. The fraction of sp³-hybridized carbons (Fsp3) is 0.200. The van der Waals surface area contributed by atoms with Crippen LogP contribution in [0.15, 0.2) is 54.6 Å². The van der Waals surface area contributed by atoms with Crippen LogP contribution < -0.4 is 0 Å². The Morgan fingerprint density at radius 1 is 0.727 bits per heavy atom. The van der Waals surface area contributed by atoms with Crippen LogP contribution in [0.25, 0.3) is 32.3 Å². The SMILES string of the molecule is SCCSCCc1ccc2ccc3cccc4ccc1c2c34. The molecule has 0 N–H and O–H groups in total. The molecule has 0 aliphatic heterocycles. The zero-order valence-corrected chi connectivity index (χ0v) is 14.1. The molecule has 0 aromatic heterocycles. The molecular formula is C20H18S2. The van der Waals surface area contributed by atoms with Gasteiger partial charge in [-0.15, -0.1) is 0 Å². The molecule has 0 radical (unpaired) electrons. The van der Waals surface area contributed by atoms with Crippen molar-refractivity contribution in [3.63, 3.8) is 0 Å². The van der Waals surface area contributed by atoms with E-state index >= 15 is 0 Å². The highest BCUT2D eigenvalue weighted by Gasteiger charge is 2.10. The Labute approximate surface area is 140 Å². The Hall–Kier alpha value is -1.38. The van der Waals surface area contributed by atoms with Crippen molar-refractivity contribution >= 4 is 56.7 Å². The van der Waals surface area contributed by atoms with Gasteiger partial charge in [-0.3, -0.25) is 0 Å². The normalized spacial score (nSPS) is 11.9. The summed E-state index contributed by atoms with van der Waals surface area (Å²) in [7, 11) is 0. The van der Waals surface area contributed by atoms with Crippen molar-refractivity contribution in [3.8, 4) is 0 Å². The molecule has 0 saturated heterocycles. The monoisotopic (exact) mass is 322 g/mol. The fourth-order valence-corrected chi connectivity index (χ4v) is 4.45. The number of hydrogen-bond donors (Lipinski definition) is 1. The van der Waals surface area contributed by atoms with Gasteiger partial charge < -0.3 is 0 Å². The fourth-order valence-electron chi connectivity index (χ4n) is 3.36. The molecule has 0 heterocycles. The van der Waals surface area contributed by atoms with Crippen molar-refractivity contribution in [3.05, 3.63) is 60.2 Å². The van der Waals surface area contributed by atoms with Crippen LogP contribution in [0.1, 0.15) is 5.56 Å². The van der Waals surface area contributed by atoms with Gasteiger partial charge in [0.15, 0.2) is 0 Å². The summed E-state index contributed by atoms with van der Waals surface area (Å²) < 4.78 is 0. The summed E-state index contributed by atoms with van der Waals surface area (Å²) in [5, 5.41) is 8.32. The minimum Gasteiger partial charge on any atom is -0.179 e. The predicted octanol–water partition coefficient (Wildman–Crippen LogP) is 5.79. The van der Waals surface area contributed by atoms with Crippen LogP contribution in [-0.4, -0.2) is 17.3 Å². The Balaban J connectivity index is 1.89. The van der Waals surface area contributed by atoms with E-state index in [1.165, 1.54) is 43.6 Å². The Bertz CT molecular complexity index is 911. The average molecular weight is 322 g/mol. The lowest BCUT2D eigenvalue weighted by Gasteiger charge is -2.13. The quantitative estimate of drug-likeness (QED) is 0.276. The zero-order valence-electron chi connectivity index (χ0n) is 12.4. The molecule has 0 saturated carbocycles. The highest BCUT2D eigenvalue weighted by atomic mass is 32.2. The Kier molecular flexibility index (Phi) is 3.89. The first-order valence-electron chi connectivity index (χ1n) is 7.72. The number of thioether (sulfide) groups is 1. The molecule has 0 aliphatic rings. The van der Waals surface area contributed by atoms with E-state index in [4.69, 9.17) is 0 Å². The molecule has 2 heteroatoms. The van der Waals surface area contributed by atoms with Gasteiger partial charge in [0.1, 0.15) is 0 Å². The molecule has 0 amide bonds. The van der Waals surface area contributed by atoms with E-state index in [2.05, 4.69) is 67.2 Å². The number of thiol groups is 1. The maximum Gasteiger partial charge on any atom is 0.00211 e. The summed E-state index contributed by atoms with van der Waals surface area (Å²) in [6.45, 7) is 0. The van der Waals surface area contributed by atoms with Crippen LogP contribution >= 0.6 is 24.4 Å². The van der Waals surface area contributed by atoms with Gasteiger partial charge in [0.2, 0.25) is 0 Å². The van der Waals surface area contributed by atoms with Crippen molar-refractivity contribution in [2.24, 2.45) is 0 Å². The second-order valence-corrected chi connectivity index (χ2v) is 7.34. The Morgan fingerprint density at radius 2 is 1.41 bits per heavy atom. The van der Waals surface area contributed by atoms with E-state index in [1.54, 1.807) is 0 Å². The molecule has 0 unspecified atom stereocenters. The predicted molar refractivity (Wildman–Crippen MR) is 105 cm³/mol. The van der Waals surface area contributed by atoms with Crippen molar-refractivity contribution in [1.29, 1.82) is 0 Å². The maximum absolute atomic E-state index is 4.28. The number of rotatable bonds is 5. The lowest BCUT2D eigenvalue weighted by atomic mass is 9.91. The first-order chi connectivity index (χ1) is 10.9. The number of benzene rings is 4. The van der Waals surface area contributed by atoms with Gasteiger partial charge in [-0.25, -0.2) is 0 Å². The van der Waals surface area contributed by atoms with E-state index in [0.29, 0.717) is 0 Å². The van der Waals surface area contributed by atoms with Crippen molar-refractivity contribution < 1.29 is 0 Å². The third kappa shape index (κ3) is 2.35. The zero-order chi connectivity index (χ0) is 14.9. The van der Waals surface area contributed by atoms with Gasteiger partial charge in [0, 0.05) is 5.75 Å². The van der Waals surface area contributed by atoms with Gasteiger partial charge >= 0.3 is 0 Å². The van der Waals surface area contributed by atoms with Gasteiger partial charge in [-0.2, -0.15) is 24.4 Å². The summed E-state index contributed by atoms with van der Waals surface area (Å²) in [6, 6.07) is 20.3. The minimum atomic E-state index is 0.961. The van der Waals surface area contributed by atoms with Gasteiger partial charge in [-0.05, 0) is 55.8 Å². The topological polar surface area (TPSA) is 0 Å². The minimum absolute atomic E-state index is 0.961. The molecular weight excluding hydrogens is 304 g/mol. The largest absolute Gasteiger partial charge is 0.179 e. The van der Waals surface area contributed by atoms with Crippen LogP contribution in [0.4, 0.5) is 0 Å². The smallest absolute Gasteiger partial charge is 0.00211 e. The first kappa shape index (κ1) is 14.2. The highest BCUT2D eigenvalue weighted by Crippen LogP contribution is 2.36. The molecule has 4 rings (SSSR count). The average Bonchev–Trinajstić information content (AvgIpc) is 2.57. The lowest BCUT2D eigenvalue weighted by Crippen LogP contribution is -1.94. The van der Waals surface area contributed by atoms with Crippen LogP contribution in [0.2, 0.25) is 0 Å². The molecule has 110 valence electrons. The standard InChI is InChI=1S/C20H18S2/c21-11-13-22-12-10-14-4-5-17-7-6-15-2-1-3-16-8-9-18(14)20(17)19(15)16/h1-9,21H,10-13H2. The van der Waals surface area contributed by atoms with Gasteiger partial charge in [0.05, 0.1) is 0 Å². The summed E-state index contributed by atoms with van der Waals surface area (Å²) in [5.41, 5.74) is 1.47. The van der Waals surface area contributed by atoms with Crippen molar-refractivity contribution in [1.82, 2.24) is 0 Å². The molecule has 4 aromatic carbocycles. The molecule has 4 aromatic rings. The van der Waals surface area contributed by atoms with Gasteiger partial charge in [-0.1, -0.05) is 54.6 Å². The Morgan fingerprint density at radius 3 is 2.18 bits per heavy atom. The molecule has 0 aliphatic carbocycles. The molecule has 22 heavy (non-hydrogen) atoms.